The lowest BCUT2D eigenvalue weighted by molar-refractivity contribution is -0.140. The number of aryl methyl sites for hydroxylation is 1. The van der Waals surface area contributed by atoms with Gasteiger partial charge in [-0.25, -0.2) is 0 Å². The van der Waals surface area contributed by atoms with E-state index in [0.29, 0.717) is 11.5 Å². The molecule has 0 aliphatic carbocycles. The zero-order valence-corrected chi connectivity index (χ0v) is 14.5. The Morgan fingerprint density at radius 3 is 2.48 bits per heavy atom. The van der Waals surface area contributed by atoms with Crippen LogP contribution >= 0.6 is 11.8 Å². The number of thioether (sulfide) groups is 1. The maximum Gasteiger partial charge on any atom is 0.327 e. The van der Waals surface area contributed by atoms with Crippen LogP contribution < -0.4 is 16.2 Å². The minimum absolute atomic E-state index is 0.0968. The standard InChI is InChI=1S/C17H19N3O4S/c1-12-4-6-13(7-5-12)10-25-11-15(21)19-20-17(23)16(22)18-9-14-3-2-8-24-14/h2-8H,9-11H2,1H3,(H,18,22)(H,19,21)(H,20,23). The highest BCUT2D eigenvalue weighted by molar-refractivity contribution is 7.99. The van der Waals surface area contributed by atoms with Crippen LogP contribution in [0.1, 0.15) is 16.9 Å². The maximum absolute atomic E-state index is 11.7. The molecule has 25 heavy (non-hydrogen) atoms. The Bertz CT molecular complexity index is 714. The van der Waals surface area contributed by atoms with Gasteiger partial charge in [0.2, 0.25) is 5.91 Å². The Morgan fingerprint density at radius 2 is 1.80 bits per heavy atom. The molecule has 2 aromatic rings. The molecule has 0 radical (unpaired) electrons. The zero-order valence-electron chi connectivity index (χ0n) is 13.7. The second-order valence-corrected chi connectivity index (χ2v) is 6.23. The fourth-order valence-corrected chi connectivity index (χ4v) is 2.61. The van der Waals surface area contributed by atoms with Crippen molar-refractivity contribution in [3.8, 4) is 0 Å². The van der Waals surface area contributed by atoms with Crippen molar-refractivity contribution in [1.29, 1.82) is 0 Å². The fraction of sp³-hybridized carbons (Fsp3) is 0.235. The molecular weight excluding hydrogens is 342 g/mol. The largest absolute Gasteiger partial charge is 0.467 e. The first-order chi connectivity index (χ1) is 12.0. The molecule has 0 aliphatic rings. The molecule has 0 saturated heterocycles. The van der Waals surface area contributed by atoms with Crippen LogP contribution in [0.2, 0.25) is 0 Å². The summed E-state index contributed by atoms with van der Waals surface area (Å²) in [6.07, 6.45) is 1.47. The molecule has 1 aromatic heterocycles. The molecule has 0 unspecified atom stereocenters. The topological polar surface area (TPSA) is 100 Å². The van der Waals surface area contributed by atoms with E-state index in [1.807, 2.05) is 31.2 Å². The maximum atomic E-state index is 11.7. The summed E-state index contributed by atoms with van der Waals surface area (Å²) in [5, 5.41) is 2.38. The van der Waals surface area contributed by atoms with Crippen LogP contribution in [0.4, 0.5) is 0 Å². The summed E-state index contributed by atoms with van der Waals surface area (Å²) in [6, 6.07) is 11.4. The highest BCUT2D eigenvalue weighted by Crippen LogP contribution is 2.12. The summed E-state index contributed by atoms with van der Waals surface area (Å²) >= 11 is 1.41. The van der Waals surface area contributed by atoms with Crippen molar-refractivity contribution in [3.05, 3.63) is 59.5 Å². The minimum Gasteiger partial charge on any atom is -0.467 e. The third kappa shape index (κ3) is 6.72. The van der Waals surface area contributed by atoms with Crippen molar-refractivity contribution in [1.82, 2.24) is 16.2 Å². The lowest BCUT2D eigenvalue weighted by Crippen LogP contribution is -2.48. The van der Waals surface area contributed by atoms with Crippen molar-refractivity contribution in [2.24, 2.45) is 0 Å². The number of amides is 3. The SMILES string of the molecule is Cc1ccc(CSCC(=O)NNC(=O)C(=O)NCc2ccco2)cc1. The average Bonchev–Trinajstić information content (AvgIpc) is 3.13. The molecule has 0 spiro atoms. The van der Waals surface area contributed by atoms with E-state index in [1.165, 1.54) is 23.6 Å². The van der Waals surface area contributed by atoms with E-state index >= 15 is 0 Å². The molecule has 3 amide bonds. The highest BCUT2D eigenvalue weighted by Gasteiger charge is 2.14. The van der Waals surface area contributed by atoms with Gasteiger partial charge >= 0.3 is 11.8 Å². The molecule has 0 aliphatic heterocycles. The van der Waals surface area contributed by atoms with Crippen LogP contribution in [0, 0.1) is 6.92 Å². The molecule has 3 N–H and O–H groups in total. The summed E-state index contributed by atoms with van der Waals surface area (Å²) in [5.74, 6) is -0.803. The summed E-state index contributed by atoms with van der Waals surface area (Å²) in [7, 11) is 0. The van der Waals surface area contributed by atoms with Crippen molar-refractivity contribution in [2.75, 3.05) is 5.75 Å². The van der Waals surface area contributed by atoms with Crippen LogP contribution in [-0.2, 0) is 26.7 Å². The molecule has 7 nitrogen and oxygen atoms in total. The lowest BCUT2D eigenvalue weighted by atomic mass is 10.2. The number of benzene rings is 1. The molecule has 8 heteroatoms. The Balaban J connectivity index is 1.60. The second kappa shape index (κ2) is 9.53. The predicted molar refractivity (Wildman–Crippen MR) is 94.2 cm³/mol. The van der Waals surface area contributed by atoms with Gasteiger partial charge in [-0.3, -0.25) is 25.2 Å². The molecule has 0 atom stereocenters. The summed E-state index contributed by atoms with van der Waals surface area (Å²) < 4.78 is 5.03. The van der Waals surface area contributed by atoms with Crippen LogP contribution in [-0.4, -0.2) is 23.5 Å². The predicted octanol–water partition coefficient (Wildman–Crippen LogP) is 1.29. The number of hydrogen-bond acceptors (Lipinski definition) is 5. The quantitative estimate of drug-likeness (QED) is 0.532. The summed E-state index contributed by atoms with van der Waals surface area (Å²) in [4.78, 5) is 34.8. The van der Waals surface area contributed by atoms with Crippen molar-refractivity contribution in [3.63, 3.8) is 0 Å². The molecule has 0 fully saturated rings. The number of carbonyl (C=O) groups is 3. The van der Waals surface area contributed by atoms with E-state index in [0.717, 1.165) is 5.56 Å². The first-order valence-electron chi connectivity index (χ1n) is 7.57. The van der Waals surface area contributed by atoms with E-state index < -0.39 is 11.8 Å². The number of hydrazine groups is 1. The van der Waals surface area contributed by atoms with Gasteiger partial charge in [-0.15, -0.1) is 11.8 Å². The van der Waals surface area contributed by atoms with Gasteiger partial charge in [0, 0.05) is 5.75 Å². The monoisotopic (exact) mass is 361 g/mol. The number of hydrogen-bond donors (Lipinski definition) is 3. The molecule has 2 rings (SSSR count). The third-order valence-corrected chi connectivity index (χ3v) is 4.15. The Morgan fingerprint density at radius 1 is 1.04 bits per heavy atom. The average molecular weight is 361 g/mol. The van der Waals surface area contributed by atoms with Crippen LogP contribution in [0.3, 0.4) is 0 Å². The van der Waals surface area contributed by atoms with E-state index in [2.05, 4.69) is 16.2 Å². The van der Waals surface area contributed by atoms with Gasteiger partial charge in [0.15, 0.2) is 0 Å². The summed E-state index contributed by atoms with van der Waals surface area (Å²) in [6.45, 7) is 2.11. The van der Waals surface area contributed by atoms with E-state index in [9.17, 15) is 14.4 Å². The Hall–Kier alpha value is -2.74. The van der Waals surface area contributed by atoms with Crippen molar-refractivity contribution in [2.45, 2.75) is 19.2 Å². The van der Waals surface area contributed by atoms with Gasteiger partial charge in [-0.1, -0.05) is 29.8 Å². The van der Waals surface area contributed by atoms with Gasteiger partial charge in [0.1, 0.15) is 5.76 Å². The second-order valence-electron chi connectivity index (χ2n) is 5.24. The molecule has 1 heterocycles. The summed E-state index contributed by atoms with van der Waals surface area (Å²) in [5.41, 5.74) is 6.58. The number of rotatable bonds is 6. The van der Waals surface area contributed by atoms with Gasteiger partial charge in [-0.05, 0) is 24.6 Å². The van der Waals surface area contributed by atoms with Gasteiger partial charge in [-0.2, -0.15) is 0 Å². The van der Waals surface area contributed by atoms with E-state index in [-0.39, 0.29) is 18.2 Å². The third-order valence-electron chi connectivity index (χ3n) is 3.15. The Kier molecular flexibility index (Phi) is 7.09. The first kappa shape index (κ1) is 18.6. The highest BCUT2D eigenvalue weighted by atomic mass is 32.2. The number of carbonyl (C=O) groups excluding carboxylic acids is 3. The molecule has 1 aromatic carbocycles. The molecule has 132 valence electrons. The molecular formula is C17H19N3O4S. The van der Waals surface area contributed by atoms with Crippen LogP contribution in [0.15, 0.2) is 47.1 Å². The smallest absolute Gasteiger partial charge is 0.327 e. The Labute approximate surface area is 149 Å². The van der Waals surface area contributed by atoms with Crippen LogP contribution in [0.25, 0.3) is 0 Å². The van der Waals surface area contributed by atoms with E-state index in [1.54, 1.807) is 12.1 Å². The normalized spacial score (nSPS) is 10.1. The number of furan rings is 1. The van der Waals surface area contributed by atoms with Gasteiger partial charge in [0.05, 0.1) is 18.6 Å². The minimum atomic E-state index is -0.941. The molecule has 0 bridgehead atoms. The first-order valence-corrected chi connectivity index (χ1v) is 8.73. The van der Waals surface area contributed by atoms with Crippen LogP contribution in [0.5, 0.6) is 0 Å². The van der Waals surface area contributed by atoms with E-state index in [4.69, 9.17) is 4.42 Å². The molecule has 0 saturated carbocycles. The number of nitrogens with one attached hydrogen (secondary N) is 3. The van der Waals surface area contributed by atoms with Crippen molar-refractivity contribution < 1.29 is 18.8 Å². The lowest BCUT2D eigenvalue weighted by Gasteiger charge is -2.07. The van der Waals surface area contributed by atoms with Gasteiger partial charge in [0.25, 0.3) is 0 Å². The fourth-order valence-electron chi connectivity index (χ4n) is 1.83. The van der Waals surface area contributed by atoms with Crippen molar-refractivity contribution >= 4 is 29.5 Å². The zero-order chi connectivity index (χ0) is 18.1. The van der Waals surface area contributed by atoms with Gasteiger partial charge < -0.3 is 9.73 Å².